The van der Waals surface area contributed by atoms with Crippen LogP contribution in [0.3, 0.4) is 0 Å². The van der Waals surface area contributed by atoms with Crippen molar-refractivity contribution in [3.8, 4) is 17.6 Å². The molecule has 1 aliphatic rings. The average Bonchev–Trinajstić information content (AvgIpc) is 3.71. The zero-order valence-corrected chi connectivity index (χ0v) is 39.0. The lowest BCUT2D eigenvalue weighted by Crippen LogP contribution is -2.42. The lowest BCUT2D eigenvalue weighted by atomic mass is 9.80. The van der Waals surface area contributed by atoms with Crippen LogP contribution >= 0.6 is 7.87 Å². The molecule has 2 heterocycles. The zero-order valence-electron chi connectivity index (χ0n) is 38.1. The third-order valence-electron chi connectivity index (χ3n) is 11.7. The number of amides is 1. The van der Waals surface area contributed by atoms with E-state index >= 15 is 0 Å². The summed E-state index contributed by atoms with van der Waals surface area (Å²) >= 11 is 0. The quantitative estimate of drug-likeness (QED) is 0.0590. The molecular formula is C52H57N5O8P+. The monoisotopic (exact) mass is 910 g/mol. The number of rotatable bonds is 19. The highest BCUT2D eigenvalue weighted by atomic mass is 31.2. The number of nitrogens with one attached hydrogen (secondary N) is 1. The SMILES string of the molecule is COc1ccc(C(OC[C@H]2O[C@@H](n3ccc(NC(=O)c4ccccc4)nc3=O)C[C@@H]2O[P+](O)(Cc2ccc(CC#N)cc2)N(C(C)C)C(C)C)(c2ccccc2)c2ccc(OC)cc2)cc1. The van der Waals surface area contributed by atoms with Crippen LogP contribution in [0.5, 0.6) is 11.5 Å². The number of nitrogens with zero attached hydrogens (tertiary/aromatic N) is 4. The molecule has 342 valence electrons. The van der Waals surface area contributed by atoms with Gasteiger partial charge in [0.15, 0.2) is 6.16 Å². The molecule has 1 aromatic heterocycles. The summed E-state index contributed by atoms with van der Waals surface area (Å²) in [4.78, 5) is 44.2. The number of carbonyl (C=O) groups is 1. The first kappa shape index (κ1) is 47.7. The maximum absolute atomic E-state index is 13.9. The summed E-state index contributed by atoms with van der Waals surface area (Å²) in [6.07, 6.45) is -0.352. The van der Waals surface area contributed by atoms with Crippen LogP contribution in [0.2, 0.25) is 0 Å². The number of nitriles is 1. The van der Waals surface area contributed by atoms with Gasteiger partial charge in [0.2, 0.25) is 0 Å². The van der Waals surface area contributed by atoms with Crippen molar-refractivity contribution in [3.05, 3.63) is 190 Å². The van der Waals surface area contributed by atoms with Crippen molar-refractivity contribution in [3.63, 3.8) is 0 Å². The Hall–Kier alpha value is -6.23. The van der Waals surface area contributed by atoms with Gasteiger partial charge < -0.3 is 24.3 Å². The number of carbonyl (C=O) groups excluding carboxylic acids is 1. The Kier molecular flexibility index (Phi) is 15.5. The Morgan fingerprint density at radius 1 is 0.833 bits per heavy atom. The third kappa shape index (κ3) is 10.7. The summed E-state index contributed by atoms with van der Waals surface area (Å²) in [5.74, 6) is 1.05. The predicted octanol–water partition coefficient (Wildman–Crippen LogP) is 9.33. The lowest BCUT2D eigenvalue weighted by molar-refractivity contribution is -0.0929. The van der Waals surface area contributed by atoms with Gasteiger partial charge in [0.25, 0.3) is 5.91 Å². The second-order valence-corrected chi connectivity index (χ2v) is 19.0. The van der Waals surface area contributed by atoms with E-state index in [1.807, 2.05) is 142 Å². The molecule has 7 rings (SSSR count). The Balaban J connectivity index is 1.30. The minimum Gasteiger partial charge on any atom is -0.497 e. The standard InChI is InChI=1S/C52H56N5O8P/c1-36(2)57(37(3)4)66(60,35-39-19-17-38(18-20-39)29-31-53)65-46-33-49(56-32-30-48(55-51(56)59)54-50(58)40-13-9-7-10-14-40)64-47(46)34-63-52(41-15-11-8-12-16-41,42-21-25-44(61-5)26-22-42)43-23-27-45(62-6)28-24-43/h7-28,30,32,36-37,46-47,49,60H,29,33-35H2,1-6H3/p+1/t46-,47+,49+,66?/m0/s1. The molecule has 1 aliphatic heterocycles. The van der Waals surface area contributed by atoms with Crippen molar-refractivity contribution in [2.75, 3.05) is 26.1 Å². The topological polar surface area (TPSA) is 157 Å². The van der Waals surface area contributed by atoms with E-state index in [-0.39, 0.29) is 43.5 Å². The van der Waals surface area contributed by atoms with Crippen molar-refractivity contribution >= 4 is 19.6 Å². The molecule has 1 saturated heterocycles. The Bertz CT molecular complexity index is 2570. The number of aromatic nitrogens is 2. The van der Waals surface area contributed by atoms with Gasteiger partial charge >= 0.3 is 13.6 Å². The average molecular weight is 911 g/mol. The normalized spacial score (nSPS) is 17.1. The van der Waals surface area contributed by atoms with Gasteiger partial charge in [-0.1, -0.05) is 97.1 Å². The summed E-state index contributed by atoms with van der Waals surface area (Å²) in [6, 6.07) is 45.2. The fourth-order valence-corrected chi connectivity index (χ4v) is 11.8. The Morgan fingerprint density at radius 2 is 1.38 bits per heavy atom. The third-order valence-corrected chi connectivity index (χ3v) is 14.7. The van der Waals surface area contributed by atoms with Gasteiger partial charge in [-0.3, -0.25) is 9.36 Å². The van der Waals surface area contributed by atoms with Crippen molar-refractivity contribution in [2.45, 2.75) is 82.8 Å². The van der Waals surface area contributed by atoms with E-state index in [2.05, 4.69) is 16.4 Å². The second kappa shape index (κ2) is 21.4. The van der Waals surface area contributed by atoms with Gasteiger partial charge in [0.1, 0.15) is 41.4 Å². The molecule has 1 fully saturated rings. The number of hydrogen-bond acceptors (Lipinski definition) is 11. The highest BCUT2D eigenvalue weighted by Gasteiger charge is 2.55. The molecular weight excluding hydrogens is 854 g/mol. The molecule has 66 heavy (non-hydrogen) atoms. The number of ether oxygens (including phenoxy) is 4. The molecule has 0 bridgehead atoms. The Morgan fingerprint density at radius 3 is 1.91 bits per heavy atom. The van der Waals surface area contributed by atoms with E-state index in [1.54, 1.807) is 50.7 Å². The lowest BCUT2D eigenvalue weighted by Gasteiger charge is -2.38. The Labute approximate surface area is 387 Å². The van der Waals surface area contributed by atoms with Gasteiger partial charge in [-0.25, -0.2) is 9.69 Å². The van der Waals surface area contributed by atoms with Crippen LogP contribution in [0.1, 0.15) is 78.5 Å². The first-order valence-corrected chi connectivity index (χ1v) is 23.8. The second-order valence-electron chi connectivity index (χ2n) is 16.7. The number of benzene rings is 5. The summed E-state index contributed by atoms with van der Waals surface area (Å²) in [5.41, 5.74) is 2.76. The van der Waals surface area contributed by atoms with Crippen LogP contribution in [-0.2, 0) is 32.2 Å². The maximum atomic E-state index is 13.9. The van der Waals surface area contributed by atoms with Gasteiger partial charge in [-0.05, 0) is 98.0 Å². The van der Waals surface area contributed by atoms with Crippen LogP contribution in [0.15, 0.2) is 151 Å². The van der Waals surface area contributed by atoms with E-state index < -0.39 is 43.5 Å². The highest BCUT2D eigenvalue weighted by molar-refractivity contribution is 7.62. The molecule has 4 atom stereocenters. The molecule has 1 amide bonds. The molecule has 0 aliphatic carbocycles. The zero-order chi connectivity index (χ0) is 46.8. The fourth-order valence-electron chi connectivity index (χ4n) is 8.69. The molecule has 6 aromatic rings. The van der Waals surface area contributed by atoms with Crippen molar-refractivity contribution in [2.24, 2.45) is 0 Å². The molecule has 5 aromatic carbocycles. The molecule has 0 radical (unpaired) electrons. The van der Waals surface area contributed by atoms with Crippen LogP contribution in [0.4, 0.5) is 5.82 Å². The molecule has 0 saturated carbocycles. The van der Waals surface area contributed by atoms with Crippen molar-refractivity contribution < 1.29 is 33.2 Å². The van der Waals surface area contributed by atoms with Crippen molar-refractivity contribution in [1.29, 1.82) is 5.26 Å². The van der Waals surface area contributed by atoms with Gasteiger partial charge in [-0.15, -0.1) is 4.67 Å². The maximum Gasteiger partial charge on any atom is 0.351 e. The number of methoxy groups -OCH3 is 2. The largest absolute Gasteiger partial charge is 0.497 e. The van der Waals surface area contributed by atoms with E-state index in [1.165, 1.54) is 4.57 Å². The molecule has 14 heteroatoms. The van der Waals surface area contributed by atoms with Crippen LogP contribution in [0.25, 0.3) is 0 Å². The minimum absolute atomic E-state index is 0.0479. The smallest absolute Gasteiger partial charge is 0.351 e. The first-order chi connectivity index (χ1) is 31.9. The summed E-state index contributed by atoms with van der Waals surface area (Å²) in [5, 5.41) is 12.0. The number of hydrogen-bond donors (Lipinski definition) is 2. The highest BCUT2D eigenvalue weighted by Crippen LogP contribution is 2.65. The fraction of sp³-hybridized carbons (Fsp3) is 0.308. The molecule has 1 unspecified atom stereocenters. The van der Waals surface area contributed by atoms with E-state index in [0.717, 1.165) is 27.8 Å². The van der Waals surface area contributed by atoms with Gasteiger partial charge in [0.05, 0.1) is 33.3 Å². The molecule has 13 nitrogen and oxygen atoms in total. The van der Waals surface area contributed by atoms with Crippen LogP contribution < -0.4 is 20.5 Å². The summed E-state index contributed by atoms with van der Waals surface area (Å²) < 4.78 is 35.9. The summed E-state index contributed by atoms with van der Waals surface area (Å²) in [7, 11) is -0.274. The van der Waals surface area contributed by atoms with Crippen LogP contribution in [-0.4, -0.2) is 70.1 Å². The van der Waals surface area contributed by atoms with Crippen molar-refractivity contribution in [1.82, 2.24) is 14.2 Å². The van der Waals surface area contributed by atoms with E-state index in [9.17, 15) is 19.7 Å². The van der Waals surface area contributed by atoms with E-state index in [4.69, 9.17) is 23.5 Å². The molecule has 0 spiro atoms. The van der Waals surface area contributed by atoms with Crippen LogP contribution in [0, 0.1) is 11.3 Å². The number of anilines is 1. The van der Waals surface area contributed by atoms with Gasteiger partial charge in [0, 0.05) is 30.3 Å². The first-order valence-electron chi connectivity index (χ1n) is 22.0. The summed E-state index contributed by atoms with van der Waals surface area (Å²) in [6.45, 7) is 8.06. The predicted molar refractivity (Wildman–Crippen MR) is 255 cm³/mol. The minimum atomic E-state index is -3.52. The molecule has 2 N–H and O–H groups in total. The van der Waals surface area contributed by atoms with Gasteiger partial charge in [-0.2, -0.15) is 14.8 Å². The van der Waals surface area contributed by atoms with E-state index in [0.29, 0.717) is 17.1 Å².